The Balaban J connectivity index is 1.84. The topological polar surface area (TPSA) is 27.1 Å². The molecule has 0 aliphatic heterocycles. The lowest BCUT2D eigenvalue weighted by molar-refractivity contribution is -0.141. The normalized spacial score (nSPS) is 11.6. The molecule has 0 spiro atoms. The van der Waals surface area contributed by atoms with Gasteiger partial charge in [-0.3, -0.25) is 4.68 Å². The smallest absolute Gasteiger partial charge is 0.435 e. The van der Waals surface area contributed by atoms with E-state index in [1.165, 1.54) is 0 Å². The highest BCUT2D eigenvalue weighted by atomic mass is 35.5. The van der Waals surface area contributed by atoms with Crippen LogP contribution in [0, 0.1) is 0 Å². The largest absolute Gasteiger partial charge is 0.494 e. The van der Waals surface area contributed by atoms with Crippen LogP contribution in [-0.2, 0) is 12.7 Å². The van der Waals surface area contributed by atoms with Gasteiger partial charge in [0.25, 0.3) is 0 Å². The third kappa shape index (κ3) is 3.90. The summed E-state index contributed by atoms with van der Waals surface area (Å²) in [6.07, 6.45) is -3.97. The standard InChI is InChI=1S/C13H12ClF3N2O/c14-12-9-11(13(15,16)17)18-19(12)7-4-8-20-10-5-2-1-3-6-10/h1-3,5-6,9H,4,7-8H2. The van der Waals surface area contributed by atoms with Crippen molar-refractivity contribution in [1.82, 2.24) is 9.78 Å². The van der Waals surface area contributed by atoms with E-state index in [-0.39, 0.29) is 11.7 Å². The molecule has 0 fully saturated rings. The highest BCUT2D eigenvalue weighted by molar-refractivity contribution is 6.29. The van der Waals surface area contributed by atoms with Crippen LogP contribution in [-0.4, -0.2) is 16.4 Å². The van der Waals surface area contributed by atoms with Crippen molar-refractivity contribution in [1.29, 1.82) is 0 Å². The molecule has 0 saturated carbocycles. The molecule has 0 unspecified atom stereocenters. The summed E-state index contributed by atoms with van der Waals surface area (Å²) in [6.45, 7) is 0.642. The number of ether oxygens (including phenoxy) is 1. The molecule has 20 heavy (non-hydrogen) atoms. The lowest BCUT2D eigenvalue weighted by atomic mass is 10.3. The number of halogens is 4. The second-order valence-electron chi connectivity index (χ2n) is 4.09. The predicted molar refractivity (Wildman–Crippen MR) is 68.8 cm³/mol. The van der Waals surface area contributed by atoms with Crippen molar-refractivity contribution < 1.29 is 17.9 Å². The first kappa shape index (κ1) is 14.7. The molecular formula is C13H12ClF3N2O. The van der Waals surface area contributed by atoms with Crippen LogP contribution in [0.15, 0.2) is 36.4 Å². The Morgan fingerprint density at radius 1 is 1.20 bits per heavy atom. The van der Waals surface area contributed by atoms with E-state index in [0.29, 0.717) is 13.0 Å². The molecule has 0 N–H and O–H groups in total. The van der Waals surface area contributed by atoms with E-state index in [2.05, 4.69) is 5.10 Å². The Bertz CT molecular complexity index is 554. The van der Waals surface area contributed by atoms with Crippen LogP contribution in [0.5, 0.6) is 5.75 Å². The minimum atomic E-state index is -4.48. The van der Waals surface area contributed by atoms with Gasteiger partial charge in [0.05, 0.1) is 6.61 Å². The molecular weight excluding hydrogens is 293 g/mol. The van der Waals surface area contributed by atoms with Crippen LogP contribution in [0.4, 0.5) is 13.2 Å². The maximum atomic E-state index is 12.4. The molecule has 0 saturated heterocycles. The summed E-state index contributed by atoms with van der Waals surface area (Å²) in [5, 5.41) is 3.40. The molecule has 0 radical (unpaired) electrons. The molecule has 1 aromatic carbocycles. The molecule has 0 aliphatic rings. The second kappa shape index (κ2) is 6.17. The zero-order chi connectivity index (χ0) is 14.6. The summed E-state index contributed by atoms with van der Waals surface area (Å²) >= 11 is 5.71. The molecule has 0 aliphatic carbocycles. The molecule has 2 aromatic rings. The monoisotopic (exact) mass is 304 g/mol. The molecule has 3 nitrogen and oxygen atoms in total. The number of hydrogen-bond donors (Lipinski definition) is 0. The number of benzene rings is 1. The zero-order valence-corrected chi connectivity index (χ0v) is 11.2. The Morgan fingerprint density at radius 2 is 1.90 bits per heavy atom. The van der Waals surface area contributed by atoms with E-state index in [0.717, 1.165) is 16.5 Å². The molecule has 0 atom stereocenters. The van der Waals surface area contributed by atoms with Gasteiger partial charge >= 0.3 is 6.18 Å². The number of nitrogens with zero attached hydrogens (tertiary/aromatic N) is 2. The Hall–Kier alpha value is -1.69. The number of para-hydroxylation sites is 1. The van der Waals surface area contributed by atoms with E-state index in [1.807, 2.05) is 30.3 Å². The number of aromatic nitrogens is 2. The third-order valence-electron chi connectivity index (χ3n) is 2.55. The molecule has 1 heterocycles. The predicted octanol–water partition coefficient (Wildman–Crippen LogP) is 4.02. The summed E-state index contributed by atoms with van der Waals surface area (Å²) < 4.78 is 43.9. The van der Waals surface area contributed by atoms with E-state index in [1.54, 1.807) is 0 Å². The molecule has 7 heteroatoms. The fraction of sp³-hybridized carbons (Fsp3) is 0.308. The highest BCUT2D eigenvalue weighted by Gasteiger charge is 2.34. The van der Waals surface area contributed by atoms with Crippen LogP contribution in [0.2, 0.25) is 5.15 Å². The van der Waals surface area contributed by atoms with E-state index in [4.69, 9.17) is 16.3 Å². The number of alkyl halides is 3. The van der Waals surface area contributed by atoms with Gasteiger partial charge in [-0.25, -0.2) is 0 Å². The third-order valence-corrected chi connectivity index (χ3v) is 2.85. The van der Waals surface area contributed by atoms with Gasteiger partial charge < -0.3 is 4.74 Å². The van der Waals surface area contributed by atoms with Crippen molar-refractivity contribution in [2.24, 2.45) is 0 Å². The van der Waals surface area contributed by atoms with Crippen LogP contribution in [0.1, 0.15) is 12.1 Å². The summed E-state index contributed by atoms with van der Waals surface area (Å²) in [5.74, 6) is 0.718. The fourth-order valence-electron chi connectivity index (χ4n) is 1.61. The van der Waals surface area contributed by atoms with Crippen LogP contribution >= 0.6 is 11.6 Å². The van der Waals surface area contributed by atoms with Crippen LogP contribution < -0.4 is 4.74 Å². The Labute approximate surface area is 118 Å². The van der Waals surface area contributed by atoms with E-state index < -0.39 is 11.9 Å². The zero-order valence-electron chi connectivity index (χ0n) is 10.4. The van der Waals surface area contributed by atoms with Crippen molar-refractivity contribution in [3.8, 4) is 5.75 Å². The van der Waals surface area contributed by atoms with Gasteiger partial charge in [0, 0.05) is 19.0 Å². The Kier molecular flexibility index (Phi) is 4.54. The molecule has 0 amide bonds. The van der Waals surface area contributed by atoms with E-state index >= 15 is 0 Å². The average Bonchev–Trinajstić information content (AvgIpc) is 2.77. The quantitative estimate of drug-likeness (QED) is 0.780. The van der Waals surface area contributed by atoms with Gasteiger partial charge in [0.2, 0.25) is 0 Å². The van der Waals surface area contributed by atoms with Gasteiger partial charge in [0.15, 0.2) is 5.69 Å². The summed E-state index contributed by atoms with van der Waals surface area (Å²) in [5.41, 5.74) is -0.980. The molecule has 1 aromatic heterocycles. The molecule has 108 valence electrons. The second-order valence-corrected chi connectivity index (χ2v) is 4.48. The molecule has 0 bridgehead atoms. The van der Waals surface area contributed by atoms with Gasteiger partial charge in [-0.2, -0.15) is 18.3 Å². The lowest BCUT2D eigenvalue weighted by Crippen LogP contribution is -2.09. The van der Waals surface area contributed by atoms with E-state index in [9.17, 15) is 13.2 Å². The number of rotatable bonds is 5. The first-order valence-electron chi connectivity index (χ1n) is 5.95. The van der Waals surface area contributed by atoms with Crippen LogP contribution in [0.25, 0.3) is 0 Å². The first-order valence-corrected chi connectivity index (χ1v) is 6.33. The summed E-state index contributed by atoms with van der Waals surface area (Å²) in [7, 11) is 0. The van der Waals surface area contributed by atoms with Gasteiger partial charge in [-0.05, 0) is 12.1 Å². The average molecular weight is 305 g/mol. The number of hydrogen-bond acceptors (Lipinski definition) is 2. The Morgan fingerprint density at radius 3 is 2.50 bits per heavy atom. The highest BCUT2D eigenvalue weighted by Crippen LogP contribution is 2.29. The van der Waals surface area contributed by atoms with Gasteiger partial charge in [0.1, 0.15) is 10.9 Å². The van der Waals surface area contributed by atoms with Crippen molar-refractivity contribution >= 4 is 11.6 Å². The SMILES string of the molecule is FC(F)(F)c1cc(Cl)n(CCCOc2ccccc2)n1. The summed E-state index contributed by atoms with van der Waals surface area (Å²) in [6, 6.07) is 9.99. The fourth-order valence-corrected chi connectivity index (χ4v) is 1.84. The van der Waals surface area contributed by atoms with Crippen molar-refractivity contribution in [2.45, 2.75) is 19.1 Å². The minimum Gasteiger partial charge on any atom is -0.494 e. The van der Waals surface area contributed by atoms with Gasteiger partial charge in [-0.1, -0.05) is 29.8 Å². The van der Waals surface area contributed by atoms with Crippen LogP contribution in [0.3, 0.4) is 0 Å². The number of aryl methyl sites for hydroxylation is 1. The van der Waals surface area contributed by atoms with Crippen molar-refractivity contribution in [2.75, 3.05) is 6.61 Å². The minimum absolute atomic E-state index is 0.0305. The maximum absolute atomic E-state index is 12.4. The maximum Gasteiger partial charge on any atom is 0.435 e. The van der Waals surface area contributed by atoms with Crippen molar-refractivity contribution in [3.05, 3.63) is 47.2 Å². The lowest BCUT2D eigenvalue weighted by Gasteiger charge is -2.06. The van der Waals surface area contributed by atoms with Gasteiger partial charge in [-0.15, -0.1) is 0 Å². The molecule has 2 rings (SSSR count). The summed E-state index contributed by atoms with van der Waals surface area (Å²) in [4.78, 5) is 0. The first-order chi connectivity index (χ1) is 9.47. The van der Waals surface area contributed by atoms with Crippen molar-refractivity contribution in [3.63, 3.8) is 0 Å².